The molecule has 0 aliphatic rings. The van der Waals surface area contributed by atoms with Crippen LogP contribution >= 0.6 is 0 Å². The third-order valence-corrected chi connectivity index (χ3v) is 1.69. The van der Waals surface area contributed by atoms with Gasteiger partial charge in [0.05, 0.1) is 19.4 Å². The lowest BCUT2D eigenvalue weighted by Crippen LogP contribution is -2.07. The molecule has 5 heteroatoms. The second-order valence-corrected chi connectivity index (χ2v) is 3.03. The van der Waals surface area contributed by atoms with Crippen molar-refractivity contribution in [2.24, 2.45) is 0 Å². The second-order valence-electron chi connectivity index (χ2n) is 3.03. The minimum absolute atomic E-state index is 0.171. The maximum Gasteiger partial charge on any atom is 0.329 e. The monoisotopic (exact) mass is 211 g/mol. The Morgan fingerprint density at radius 2 is 2.27 bits per heavy atom. The smallest absolute Gasteiger partial charge is 0.329 e. The van der Waals surface area contributed by atoms with Gasteiger partial charge in [-0.25, -0.2) is 4.79 Å². The van der Waals surface area contributed by atoms with Crippen LogP contribution in [0.2, 0.25) is 0 Å². The average molecular weight is 211 g/mol. The first-order chi connectivity index (χ1) is 7.11. The van der Waals surface area contributed by atoms with Gasteiger partial charge in [-0.05, 0) is 6.92 Å². The molecule has 0 atom stereocenters. The predicted molar refractivity (Wildman–Crippen MR) is 52.8 cm³/mol. The summed E-state index contributed by atoms with van der Waals surface area (Å²) in [5, 5.41) is 8.38. The molecule has 0 radical (unpaired) electrons. The zero-order chi connectivity index (χ0) is 11.3. The van der Waals surface area contributed by atoms with Crippen LogP contribution in [-0.2, 0) is 16.1 Å². The van der Waals surface area contributed by atoms with Crippen LogP contribution in [0.5, 0.6) is 5.75 Å². The van der Waals surface area contributed by atoms with Gasteiger partial charge in [0.15, 0.2) is 0 Å². The van der Waals surface area contributed by atoms with E-state index in [2.05, 4.69) is 4.98 Å². The molecule has 82 valence electrons. The van der Waals surface area contributed by atoms with Gasteiger partial charge in [-0.1, -0.05) is 0 Å². The van der Waals surface area contributed by atoms with Gasteiger partial charge in [0, 0.05) is 17.8 Å². The number of nitrogens with zero attached hydrogens (tertiary/aromatic N) is 1. The first-order valence-electron chi connectivity index (χ1n) is 4.43. The van der Waals surface area contributed by atoms with Crippen LogP contribution in [0.1, 0.15) is 11.4 Å². The van der Waals surface area contributed by atoms with Crippen LogP contribution in [0, 0.1) is 6.92 Å². The van der Waals surface area contributed by atoms with Crippen LogP contribution < -0.4 is 4.74 Å². The normalized spacial score (nSPS) is 10.0. The number of aromatic nitrogens is 1. The molecule has 0 fully saturated rings. The number of rotatable bonds is 5. The van der Waals surface area contributed by atoms with Crippen LogP contribution in [0.15, 0.2) is 12.1 Å². The largest absolute Gasteiger partial charge is 0.497 e. The van der Waals surface area contributed by atoms with Crippen molar-refractivity contribution in [1.82, 2.24) is 4.98 Å². The Labute approximate surface area is 87.7 Å². The third-order valence-electron chi connectivity index (χ3n) is 1.69. The quantitative estimate of drug-likeness (QED) is 0.786. The van der Waals surface area contributed by atoms with Gasteiger partial charge in [0.1, 0.15) is 12.4 Å². The number of carboxylic acid groups (broad SMARTS) is 1. The fourth-order valence-electron chi connectivity index (χ4n) is 1.14. The average Bonchev–Trinajstić information content (AvgIpc) is 2.16. The number of aliphatic carboxylic acids is 1. The van der Waals surface area contributed by atoms with E-state index in [4.69, 9.17) is 14.6 Å². The van der Waals surface area contributed by atoms with E-state index in [1.165, 1.54) is 0 Å². The summed E-state index contributed by atoms with van der Waals surface area (Å²) < 4.78 is 9.97. The molecule has 1 aromatic heterocycles. The highest BCUT2D eigenvalue weighted by Gasteiger charge is 2.02. The number of carbonyl (C=O) groups is 1. The summed E-state index contributed by atoms with van der Waals surface area (Å²) >= 11 is 0. The lowest BCUT2D eigenvalue weighted by molar-refractivity contribution is -0.142. The van der Waals surface area contributed by atoms with Crippen molar-refractivity contribution in [3.05, 3.63) is 23.5 Å². The molecule has 0 aliphatic carbocycles. The van der Waals surface area contributed by atoms with Crippen molar-refractivity contribution in [1.29, 1.82) is 0 Å². The maximum absolute atomic E-state index is 10.2. The molecule has 1 N–H and O–H groups in total. The lowest BCUT2D eigenvalue weighted by Gasteiger charge is -2.05. The molecular weight excluding hydrogens is 198 g/mol. The molecule has 1 heterocycles. The first kappa shape index (κ1) is 11.5. The Hall–Kier alpha value is -1.62. The van der Waals surface area contributed by atoms with Crippen LogP contribution in [0.4, 0.5) is 0 Å². The third kappa shape index (κ3) is 3.95. The highest BCUT2D eigenvalue weighted by molar-refractivity contribution is 5.67. The SMILES string of the molecule is COc1cc(C)nc(COCC(=O)O)c1. The van der Waals surface area contributed by atoms with E-state index < -0.39 is 5.97 Å². The molecule has 0 unspecified atom stereocenters. The summed E-state index contributed by atoms with van der Waals surface area (Å²) in [7, 11) is 1.57. The highest BCUT2D eigenvalue weighted by atomic mass is 16.5. The number of hydrogen-bond donors (Lipinski definition) is 1. The summed E-state index contributed by atoms with van der Waals surface area (Å²) in [6.07, 6.45) is 0. The van der Waals surface area contributed by atoms with E-state index in [1.807, 2.05) is 6.92 Å². The number of aryl methyl sites for hydroxylation is 1. The molecule has 0 amide bonds. The van der Waals surface area contributed by atoms with E-state index >= 15 is 0 Å². The molecule has 0 saturated heterocycles. The fourth-order valence-corrected chi connectivity index (χ4v) is 1.14. The summed E-state index contributed by atoms with van der Waals surface area (Å²) in [4.78, 5) is 14.4. The predicted octanol–water partition coefficient (Wildman–Crippen LogP) is 1.000. The van der Waals surface area contributed by atoms with Crippen LogP contribution in [0.3, 0.4) is 0 Å². The Kier molecular flexibility index (Phi) is 4.05. The molecule has 0 bridgehead atoms. The number of methoxy groups -OCH3 is 1. The van der Waals surface area contributed by atoms with Crippen molar-refractivity contribution in [3.8, 4) is 5.75 Å². The van der Waals surface area contributed by atoms with Gasteiger partial charge in [0.25, 0.3) is 0 Å². The Morgan fingerprint density at radius 1 is 1.53 bits per heavy atom. The molecule has 15 heavy (non-hydrogen) atoms. The second kappa shape index (κ2) is 5.31. The molecule has 1 aromatic rings. The van der Waals surface area contributed by atoms with Gasteiger partial charge in [0.2, 0.25) is 0 Å². The number of hydrogen-bond acceptors (Lipinski definition) is 4. The van der Waals surface area contributed by atoms with Crippen LogP contribution in [0.25, 0.3) is 0 Å². The highest BCUT2D eigenvalue weighted by Crippen LogP contribution is 2.13. The van der Waals surface area contributed by atoms with Gasteiger partial charge in [-0.3, -0.25) is 4.98 Å². The number of pyridine rings is 1. The minimum atomic E-state index is -0.991. The topological polar surface area (TPSA) is 68.7 Å². The molecule has 0 spiro atoms. The fraction of sp³-hybridized carbons (Fsp3) is 0.400. The lowest BCUT2D eigenvalue weighted by atomic mass is 10.3. The summed E-state index contributed by atoms with van der Waals surface area (Å²) in [5.74, 6) is -0.300. The maximum atomic E-state index is 10.2. The van der Waals surface area contributed by atoms with Crippen molar-refractivity contribution in [3.63, 3.8) is 0 Å². The van der Waals surface area contributed by atoms with E-state index in [1.54, 1.807) is 19.2 Å². The van der Waals surface area contributed by atoms with E-state index in [0.29, 0.717) is 11.4 Å². The van der Waals surface area contributed by atoms with Gasteiger partial charge in [-0.2, -0.15) is 0 Å². The molecule has 5 nitrogen and oxygen atoms in total. The first-order valence-corrected chi connectivity index (χ1v) is 4.43. The molecule has 1 rings (SSSR count). The zero-order valence-corrected chi connectivity index (χ0v) is 8.69. The summed E-state index contributed by atoms with van der Waals surface area (Å²) in [6, 6.07) is 3.51. The van der Waals surface area contributed by atoms with E-state index in [0.717, 1.165) is 5.69 Å². The minimum Gasteiger partial charge on any atom is -0.497 e. The van der Waals surface area contributed by atoms with Crippen molar-refractivity contribution in [2.75, 3.05) is 13.7 Å². The Balaban J connectivity index is 2.60. The standard InChI is InChI=1S/C10H13NO4/c1-7-3-9(14-2)4-8(11-7)5-15-6-10(12)13/h3-4H,5-6H2,1-2H3,(H,12,13). The van der Waals surface area contributed by atoms with Gasteiger partial charge < -0.3 is 14.6 Å². The molecule has 0 aromatic carbocycles. The number of carboxylic acids is 1. The molecule has 0 saturated carbocycles. The number of ether oxygens (including phenoxy) is 2. The van der Waals surface area contributed by atoms with Crippen molar-refractivity contribution >= 4 is 5.97 Å². The summed E-state index contributed by atoms with van der Waals surface area (Å²) in [6.45, 7) is 1.69. The van der Waals surface area contributed by atoms with Gasteiger partial charge >= 0.3 is 5.97 Å². The van der Waals surface area contributed by atoms with E-state index in [9.17, 15) is 4.79 Å². The zero-order valence-electron chi connectivity index (χ0n) is 8.69. The van der Waals surface area contributed by atoms with Crippen LogP contribution in [-0.4, -0.2) is 29.8 Å². The van der Waals surface area contributed by atoms with E-state index in [-0.39, 0.29) is 13.2 Å². The molecule has 0 aliphatic heterocycles. The Bertz CT molecular complexity index is 351. The molecular formula is C10H13NO4. The van der Waals surface area contributed by atoms with Crippen molar-refractivity contribution < 1.29 is 19.4 Å². The van der Waals surface area contributed by atoms with Crippen molar-refractivity contribution in [2.45, 2.75) is 13.5 Å². The summed E-state index contributed by atoms with van der Waals surface area (Å²) in [5.41, 5.74) is 1.47. The van der Waals surface area contributed by atoms with Gasteiger partial charge in [-0.15, -0.1) is 0 Å². The Morgan fingerprint density at radius 3 is 2.87 bits per heavy atom.